The molecule has 106 valence electrons. The molecule has 0 radical (unpaired) electrons. The number of ether oxygens (including phenoxy) is 1. The van der Waals surface area contributed by atoms with E-state index in [-0.39, 0.29) is 5.91 Å². The molecule has 0 bridgehead atoms. The Morgan fingerprint density at radius 3 is 3.15 bits per heavy atom. The highest BCUT2D eigenvalue weighted by molar-refractivity contribution is 7.21. The SMILES string of the molecule is C=CCCOCCNC(=O)c1sc2cnccc2c1N. The van der Waals surface area contributed by atoms with Crippen molar-refractivity contribution in [3.05, 3.63) is 36.0 Å². The summed E-state index contributed by atoms with van der Waals surface area (Å²) in [6.07, 6.45) is 5.99. The van der Waals surface area contributed by atoms with Crippen LogP contribution < -0.4 is 11.1 Å². The van der Waals surface area contributed by atoms with Crippen molar-refractivity contribution in [3.63, 3.8) is 0 Å². The molecule has 0 aromatic carbocycles. The monoisotopic (exact) mass is 291 g/mol. The fourth-order valence-electron chi connectivity index (χ4n) is 1.73. The second-order valence-corrected chi connectivity index (χ2v) is 5.21. The number of hydrogen-bond acceptors (Lipinski definition) is 5. The van der Waals surface area contributed by atoms with E-state index in [1.807, 2.05) is 6.07 Å². The van der Waals surface area contributed by atoms with Crippen LogP contribution in [-0.4, -0.2) is 30.6 Å². The van der Waals surface area contributed by atoms with Gasteiger partial charge in [-0.3, -0.25) is 9.78 Å². The third-order valence-corrected chi connectivity index (χ3v) is 3.89. The van der Waals surface area contributed by atoms with Gasteiger partial charge in [0.2, 0.25) is 0 Å². The van der Waals surface area contributed by atoms with Crippen molar-refractivity contribution >= 4 is 33.0 Å². The number of thiophene rings is 1. The summed E-state index contributed by atoms with van der Waals surface area (Å²) in [5.74, 6) is -0.170. The Bertz CT molecular complexity index is 609. The van der Waals surface area contributed by atoms with Gasteiger partial charge >= 0.3 is 0 Å². The van der Waals surface area contributed by atoms with Crippen LogP contribution in [0.15, 0.2) is 31.1 Å². The first-order valence-electron chi connectivity index (χ1n) is 6.33. The van der Waals surface area contributed by atoms with E-state index >= 15 is 0 Å². The summed E-state index contributed by atoms with van der Waals surface area (Å²) in [4.78, 5) is 16.6. The van der Waals surface area contributed by atoms with E-state index in [0.717, 1.165) is 16.5 Å². The van der Waals surface area contributed by atoms with Crippen LogP contribution in [-0.2, 0) is 4.74 Å². The molecule has 0 aliphatic heterocycles. The molecule has 1 amide bonds. The second kappa shape index (κ2) is 7.02. The Hall–Kier alpha value is -1.92. The summed E-state index contributed by atoms with van der Waals surface area (Å²) in [7, 11) is 0. The molecule has 0 aliphatic rings. The van der Waals surface area contributed by atoms with Crippen LogP contribution in [0.4, 0.5) is 5.69 Å². The largest absolute Gasteiger partial charge is 0.397 e. The number of nitrogens with zero attached hydrogens (tertiary/aromatic N) is 1. The summed E-state index contributed by atoms with van der Waals surface area (Å²) in [5.41, 5.74) is 6.50. The number of aromatic nitrogens is 1. The Balaban J connectivity index is 1.91. The highest BCUT2D eigenvalue weighted by atomic mass is 32.1. The Morgan fingerprint density at radius 2 is 2.40 bits per heavy atom. The van der Waals surface area contributed by atoms with Gasteiger partial charge in [0.15, 0.2) is 0 Å². The molecule has 0 saturated heterocycles. The van der Waals surface area contributed by atoms with Crippen LogP contribution in [0.3, 0.4) is 0 Å². The standard InChI is InChI=1S/C14H17N3O2S/c1-2-3-7-19-8-6-17-14(18)13-12(15)10-4-5-16-9-11(10)20-13/h2,4-5,9H,1,3,6-8,15H2,(H,17,18). The average Bonchev–Trinajstić information content (AvgIpc) is 2.80. The third-order valence-electron chi connectivity index (χ3n) is 2.74. The quantitative estimate of drug-likeness (QED) is 0.605. The predicted octanol–water partition coefficient (Wildman–Crippen LogP) is 2.20. The van der Waals surface area contributed by atoms with Gasteiger partial charge in [-0.25, -0.2) is 0 Å². The van der Waals surface area contributed by atoms with E-state index in [4.69, 9.17) is 10.5 Å². The first-order valence-corrected chi connectivity index (χ1v) is 7.14. The van der Waals surface area contributed by atoms with Crippen molar-refractivity contribution in [3.8, 4) is 0 Å². The molecule has 0 unspecified atom stereocenters. The number of carbonyl (C=O) groups is 1. The molecule has 20 heavy (non-hydrogen) atoms. The zero-order chi connectivity index (χ0) is 14.4. The number of nitrogen functional groups attached to an aromatic ring is 1. The molecule has 2 rings (SSSR count). The average molecular weight is 291 g/mol. The number of fused-ring (bicyclic) bond motifs is 1. The summed E-state index contributed by atoms with van der Waals surface area (Å²) in [6, 6.07) is 1.82. The molecule has 2 aromatic rings. The molecule has 0 fully saturated rings. The van der Waals surface area contributed by atoms with Crippen molar-refractivity contribution in [2.24, 2.45) is 0 Å². The van der Waals surface area contributed by atoms with Gasteiger partial charge in [-0.05, 0) is 12.5 Å². The minimum absolute atomic E-state index is 0.170. The van der Waals surface area contributed by atoms with Gasteiger partial charge in [0.25, 0.3) is 5.91 Å². The number of nitrogens with one attached hydrogen (secondary N) is 1. The van der Waals surface area contributed by atoms with Crippen LogP contribution in [0.5, 0.6) is 0 Å². The maximum atomic E-state index is 12.1. The molecule has 2 heterocycles. The highest BCUT2D eigenvalue weighted by Crippen LogP contribution is 2.32. The summed E-state index contributed by atoms with van der Waals surface area (Å²) in [6.45, 7) is 5.17. The van der Waals surface area contributed by atoms with Crippen LogP contribution in [0.2, 0.25) is 0 Å². The molecule has 5 nitrogen and oxygen atoms in total. The van der Waals surface area contributed by atoms with Crippen molar-refractivity contribution in [2.75, 3.05) is 25.5 Å². The van der Waals surface area contributed by atoms with Crippen LogP contribution in [0.25, 0.3) is 10.1 Å². The summed E-state index contributed by atoms with van der Waals surface area (Å²) >= 11 is 1.35. The van der Waals surface area contributed by atoms with Crippen molar-refractivity contribution in [1.29, 1.82) is 0 Å². The number of hydrogen-bond donors (Lipinski definition) is 2. The van der Waals surface area contributed by atoms with Crippen molar-refractivity contribution < 1.29 is 9.53 Å². The van der Waals surface area contributed by atoms with Crippen LogP contribution >= 0.6 is 11.3 Å². The molecule has 0 aliphatic carbocycles. The van der Waals surface area contributed by atoms with Crippen LogP contribution in [0, 0.1) is 0 Å². The number of anilines is 1. The smallest absolute Gasteiger partial charge is 0.263 e. The molecular formula is C14H17N3O2S. The molecule has 0 spiro atoms. The number of amides is 1. The van der Waals surface area contributed by atoms with Gasteiger partial charge < -0.3 is 15.8 Å². The molecule has 0 saturated carbocycles. The first-order chi connectivity index (χ1) is 9.74. The normalized spacial score (nSPS) is 10.6. The molecule has 0 atom stereocenters. The van der Waals surface area contributed by atoms with Gasteiger partial charge in [0, 0.05) is 24.3 Å². The lowest BCUT2D eigenvalue weighted by Gasteiger charge is -2.05. The summed E-state index contributed by atoms with van der Waals surface area (Å²) < 4.78 is 6.24. The zero-order valence-corrected chi connectivity index (χ0v) is 11.9. The zero-order valence-electron chi connectivity index (χ0n) is 11.1. The lowest BCUT2D eigenvalue weighted by Crippen LogP contribution is -2.27. The van der Waals surface area contributed by atoms with E-state index < -0.39 is 0 Å². The molecule has 6 heteroatoms. The molecule has 3 N–H and O–H groups in total. The fraction of sp³-hybridized carbons (Fsp3) is 0.286. The van der Waals surface area contributed by atoms with Crippen molar-refractivity contribution in [2.45, 2.75) is 6.42 Å². The Kier molecular flexibility index (Phi) is 5.09. The van der Waals surface area contributed by atoms with Crippen LogP contribution in [0.1, 0.15) is 16.1 Å². The lowest BCUT2D eigenvalue weighted by molar-refractivity contribution is 0.0922. The summed E-state index contributed by atoms with van der Waals surface area (Å²) in [5, 5.41) is 3.67. The predicted molar refractivity (Wildman–Crippen MR) is 82.0 cm³/mol. The van der Waals surface area contributed by atoms with E-state index in [2.05, 4.69) is 16.9 Å². The minimum Gasteiger partial charge on any atom is -0.397 e. The number of rotatable bonds is 7. The minimum atomic E-state index is -0.170. The highest BCUT2D eigenvalue weighted by Gasteiger charge is 2.15. The van der Waals surface area contributed by atoms with E-state index in [9.17, 15) is 4.79 Å². The topological polar surface area (TPSA) is 77.2 Å². The number of nitrogens with two attached hydrogens (primary N) is 1. The maximum Gasteiger partial charge on any atom is 0.263 e. The van der Waals surface area contributed by atoms with E-state index in [1.54, 1.807) is 18.5 Å². The lowest BCUT2D eigenvalue weighted by atomic mass is 10.2. The maximum absolute atomic E-state index is 12.1. The molecular weight excluding hydrogens is 274 g/mol. The van der Waals surface area contributed by atoms with Gasteiger partial charge in [-0.15, -0.1) is 17.9 Å². The Morgan fingerprint density at radius 1 is 1.55 bits per heavy atom. The van der Waals surface area contributed by atoms with Gasteiger partial charge in [-0.1, -0.05) is 6.08 Å². The number of pyridine rings is 1. The van der Waals surface area contributed by atoms with Gasteiger partial charge in [0.05, 0.1) is 23.6 Å². The van der Waals surface area contributed by atoms with Gasteiger partial charge in [0.1, 0.15) is 4.88 Å². The second-order valence-electron chi connectivity index (χ2n) is 4.16. The third kappa shape index (κ3) is 3.34. The van der Waals surface area contributed by atoms with Gasteiger partial charge in [-0.2, -0.15) is 0 Å². The fourth-order valence-corrected chi connectivity index (χ4v) is 2.73. The first kappa shape index (κ1) is 14.5. The van der Waals surface area contributed by atoms with E-state index in [1.165, 1.54) is 11.3 Å². The van der Waals surface area contributed by atoms with Crippen molar-refractivity contribution in [1.82, 2.24) is 10.3 Å². The van der Waals surface area contributed by atoms with E-state index in [0.29, 0.717) is 30.3 Å². The molecule has 2 aromatic heterocycles. The Labute approximate surface area is 121 Å². The number of carbonyl (C=O) groups excluding carboxylic acids is 1.